The number of benzene rings is 9. The second kappa shape index (κ2) is 12.9. The summed E-state index contributed by atoms with van der Waals surface area (Å²) in [7, 11) is 0. The maximum absolute atomic E-state index is 5.22. The molecule has 0 unspecified atom stereocenters. The summed E-state index contributed by atoms with van der Waals surface area (Å²) < 4.78 is 4.90. The summed E-state index contributed by atoms with van der Waals surface area (Å²) in [5.41, 5.74) is 13.5. The minimum Gasteiger partial charge on any atom is -0.309 e. The van der Waals surface area contributed by atoms with Crippen LogP contribution in [0.5, 0.6) is 0 Å². The molecule has 0 saturated carbocycles. The molecular weight excluding hydrogens is 703 g/mol. The number of para-hydroxylation sites is 3. The smallest absolute Gasteiger partial charge is 0.0715 e. The summed E-state index contributed by atoms with van der Waals surface area (Å²) in [6.45, 7) is 0. The van der Waals surface area contributed by atoms with E-state index in [1.54, 1.807) is 0 Å². The molecule has 270 valence electrons. The van der Waals surface area contributed by atoms with Gasteiger partial charge in [0.2, 0.25) is 0 Å². The van der Waals surface area contributed by atoms with Gasteiger partial charge in [0.15, 0.2) is 0 Å². The highest BCUT2D eigenvalue weighted by Crippen LogP contribution is 2.47. The minimum atomic E-state index is 0.948. The van der Waals surface area contributed by atoms with Gasteiger partial charge in [0.1, 0.15) is 0 Å². The van der Waals surface area contributed by atoms with Crippen LogP contribution in [0.1, 0.15) is 0 Å². The van der Waals surface area contributed by atoms with Gasteiger partial charge in [0.05, 0.1) is 33.5 Å². The van der Waals surface area contributed by atoms with Crippen LogP contribution in [0, 0.1) is 0 Å². The molecule has 0 saturated heterocycles. The molecular formula is C55H35N3. The molecule has 3 nitrogen and oxygen atoms in total. The van der Waals surface area contributed by atoms with Crippen LogP contribution in [0.4, 0.5) is 0 Å². The third-order valence-corrected chi connectivity index (χ3v) is 11.9. The molecule has 0 amide bonds. The Morgan fingerprint density at radius 2 is 0.776 bits per heavy atom. The molecule has 0 aliphatic heterocycles. The Labute approximate surface area is 335 Å². The average Bonchev–Trinajstić information content (AvgIpc) is 3.84. The van der Waals surface area contributed by atoms with Crippen LogP contribution >= 0.6 is 0 Å². The largest absolute Gasteiger partial charge is 0.309 e. The summed E-state index contributed by atoms with van der Waals surface area (Å²) in [5, 5.41) is 10.1. The average molecular weight is 738 g/mol. The molecule has 9 aromatic carbocycles. The lowest BCUT2D eigenvalue weighted by Gasteiger charge is -2.14. The van der Waals surface area contributed by atoms with Crippen molar-refractivity contribution in [1.29, 1.82) is 0 Å². The molecule has 0 atom stereocenters. The molecule has 0 fully saturated rings. The molecule has 0 aliphatic rings. The minimum absolute atomic E-state index is 0.948. The van der Waals surface area contributed by atoms with E-state index < -0.39 is 0 Å². The summed E-state index contributed by atoms with van der Waals surface area (Å²) in [5.74, 6) is 0. The lowest BCUT2D eigenvalue weighted by atomic mass is 9.93. The van der Waals surface area contributed by atoms with Crippen LogP contribution in [0.15, 0.2) is 212 Å². The van der Waals surface area contributed by atoms with Gasteiger partial charge in [-0.1, -0.05) is 158 Å². The van der Waals surface area contributed by atoms with Gasteiger partial charge in [-0.15, -0.1) is 0 Å². The SMILES string of the molecule is c1ccc(-c2cc(-c3ccccc3)nc(-c3ccc(-n4c5ccccc5c5c6c(ccc54)c4ccccc4c4c6c5ccccc5n4-c4ccccc4)cc3)c2)cc1. The van der Waals surface area contributed by atoms with Crippen molar-refractivity contribution in [2.45, 2.75) is 0 Å². The second-order valence-corrected chi connectivity index (χ2v) is 15.1. The van der Waals surface area contributed by atoms with Crippen molar-refractivity contribution >= 4 is 65.2 Å². The highest BCUT2D eigenvalue weighted by Gasteiger charge is 2.23. The summed E-state index contributed by atoms with van der Waals surface area (Å²) in [6, 6.07) is 76.6. The van der Waals surface area contributed by atoms with E-state index in [-0.39, 0.29) is 0 Å². The molecule has 3 heterocycles. The molecule has 58 heavy (non-hydrogen) atoms. The third-order valence-electron chi connectivity index (χ3n) is 11.9. The van der Waals surface area contributed by atoms with Gasteiger partial charge in [-0.3, -0.25) is 0 Å². The first-order chi connectivity index (χ1) is 28.8. The van der Waals surface area contributed by atoms with E-state index in [4.69, 9.17) is 4.98 Å². The van der Waals surface area contributed by atoms with Crippen molar-refractivity contribution in [2.75, 3.05) is 0 Å². The molecule has 0 aliphatic carbocycles. The Morgan fingerprint density at radius 3 is 1.45 bits per heavy atom. The fraction of sp³-hybridized carbons (Fsp3) is 0. The lowest BCUT2D eigenvalue weighted by Crippen LogP contribution is -1.95. The fourth-order valence-corrected chi connectivity index (χ4v) is 9.35. The zero-order valence-electron chi connectivity index (χ0n) is 31.5. The van der Waals surface area contributed by atoms with Gasteiger partial charge in [-0.25, -0.2) is 4.98 Å². The van der Waals surface area contributed by atoms with Crippen LogP contribution in [0.25, 0.3) is 110 Å². The maximum Gasteiger partial charge on any atom is 0.0715 e. The highest BCUT2D eigenvalue weighted by molar-refractivity contribution is 6.39. The Hall–Kier alpha value is -7.75. The number of fused-ring (bicyclic) bond motifs is 12. The first kappa shape index (κ1) is 32.5. The number of hydrogen-bond acceptors (Lipinski definition) is 1. The maximum atomic E-state index is 5.22. The highest BCUT2D eigenvalue weighted by atomic mass is 15.0. The van der Waals surface area contributed by atoms with Gasteiger partial charge in [0.25, 0.3) is 0 Å². The normalized spacial score (nSPS) is 11.8. The molecule has 0 spiro atoms. The molecule has 0 bridgehead atoms. The van der Waals surface area contributed by atoms with Gasteiger partial charge in [-0.2, -0.15) is 0 Å². The Bertz CT molecular complexity index is 3470. The van der Waals surface area contributed by atoms with Gasteiger partial charge >= 0.3 is 0 Å². The first-order valence-electron chi connectivity index (χ1n) is 19.9. The van der Waals surface area contributed by atoms with E-state index in [0.717, 1.165) is 39.5 Å². The lowest BCUT2D eigenvalue weighted by molar-refractivity contribution is 1.18. The quantitative estimate of drug-likeness (QED) is 0.161. The van der Waals surface area contributed by atoms with Gasteiger partial charge < -0.3 is 9.13 Å². The van der Waals surface area contributed by atoms with E-state index in [2.05, 4.69) is 221 Å². The summed E-state index contributed by atoms with van der Waals surface area (Å²) in [4.78, 5) is 5.22. The predicted octanol–water partition coefficient (Wildman–Crippen LogP) is 14.6. The summed E-state index contributed by atoms with van der Waals surface area (Å²) >= 11 is 0. The van der Waals surface area contributed by atoms with E-state index in [9.17, 15) is 0 Å². The Morgan fingerprint density at radius 1 is 0.276 bits per heavy atom. The molecule has 0 radical (unpaired) electrons. The Kier molecular flexibility index (Phi) is 7.23. The van der Waals surface area contributed by atoms with Crippen LogP contribution in [-0.4, -0.2) is 14.1 Å². The molecule has 3 heteroatoms. The van der Waals surface area contributed by atoms with Crippen molar-refractivity contribution in [3.63, 3.8) is 0 Å². The van der Waals surface area contributed by atoms with Crippen molar-refractivity contribution in [3.8, 4) is 45.0 Å². The zero-order chi connectivity index (χ0) is 38.2. The number of hydrogen-bond donors (Lipinski definition) is 0. The van der Waals surface area contributed by atoms with Gasteiger partial charge in [-0.05, 0) is 76.5 Å². The second-order valence-electron chi connectivity index (χ2n) is 15.1. The number of pyridine rings is 1. The monoisotopic (exact) mass is 737 g/mol. The van der Waals surface area contributed by atoms with Crippen LogP contribution < -0.4 is 0 Å². The number of rotatable bonds is 5. The fourth-order valence-electron chi connectivity index (χ4n) is 9.35. The van der Waals surface area contributed by atoms with Crippen molar-refractivity contribution in [3.05, 3.63) is 212 Å². The Balaban J connectivity index is 1.12. The van der Waals surface area contributed by atoms with Crippen LogP contribution in [0.2, 0.25) is 0 Å². The van der Waals surface area contributed by atoms with E-state index in [1.807, 2.05) is 0 Å². The van der Waals surface area contributed by atoms with E-state index in [0.29, 0.717) is 0 Å². The number of aromatic nitrogens is 3. The topological polar surface area (TPSA) is 22.8 Å². The zero-order valence-corrected chi connectivity index (χ0v) is 31.5. The first-order valence-corrected chi connectivity index (χ1v) is 19.9. The van der Waals surface area contributed by atoms with E-state index >= 15 is 0 Å². The van der Waals surface area contributed by atoms with Crippen molar-refractivity contribution in [1.82, 2.24) is 14.1 Å². The molecule has 12 rings (SSSR count). The van der Waals surface area contributed by atoms with Crippen LogP contribution in [-0.2, 0) is 0 Å². The standard InChI is InChI=1S/C55H35N3/c1-4-16-36(17-5-1)39-34-47(37-18-6-2-7-19-37)56-48(35-39)38-28-30-41(31-29-38)57-49-26-14-12-24-45(49)52-51(57)33-32-43-42-22-10-11-23-44(42)55-54(53(43)52)46-25-13-15-27-50(46)58(55)40-20-8-3-9-21-40/h1-35H. The molecule has 0 N–H and O–H groups in total. The van der Waals surface area contributed by atoms with Crippen LogP contribution in [0.3, 0.4) is 0 Å². The van der Waals surface area contributed by atoms with E-state index in [1.165, 1.54) is 70.7 Å². The molecule has 12 aromatic rings. The third kappa shape index (κ3) is 4.90. The van der Waals surface area contributed by atoms with Gasteiger partial charge in [0, 0.05) is 54.8 Å². The van der Waals surface area contributed by atoms with Crippen molar-refractivity contribution in [2.24, 2.45) is 0 Å². The number of nitrogens with zero attached hydrogens (tertiary/aromatic N) is 3. The van der Waals surface area contributed by atoms with Crippen molar-refractivity contribution < 1.29 is 0 Å². The predicted molar refractivity (Wildman–Crippen MR) is 244 cm³/mol. The summed E-state index contributed by atoms with van der Waals surface area (Å²) in [6.07, 6.45) is 0. The molecule has 3 aromatic heterocycles.